The summed E-state index contributed by atoms with van der Waals surface area (Å²) in [5, 5.41) is 8.33. The second-order valence-electron chi connectivity index (χ2n) is 6.06. The Hall–Kier alpha value is -2.42. The van der Waals surface area contributed by atoms with Gasteiger partial charge in [-0.1, -0.05) is 11.6 Å². The summed E-state index contributed by atoms with van der Waals surface area (Å²) in [6, 6.07) is 11.2. The van der Waals surface area contributed by atoms with E-state index in [4.69, 9.17) is 20.8 Å². The molecule has 0 spiro atoms. The fraction of sp³-hybridized carbons (Fsp3) is 0.222. The molecular weight excluding hydrogens is 390 g/mol. The van der Waals surface area contributed by atoms with Gasteiger partial charge in [-0.05, 0) is 56.3 Å². The van der Waals surface area contributed by atoms with Crippen LogP contribution in [0.4, 0.5) is 0 Å². The zero-order chi connectivity index (χ0) is 19.6. The lowest BCUT2D eigenvalue weighted by Gasteiger charge is -2.10. The van der Waals surface area contributed by atoms with Crippen LogP contribution in [0.3, 0.4) is 0 Å². The quantitative estimate of drug-likeness (QED) is 0.668. The molecule has 0 unspecified atom stereocenters. The fourth-order valence-electron chi connectivity index (χ4n) is 2.40. The largest absolute Gasteiger partial charge is 0.497 e. The molecule has 0 amide bonds. The third kappa shape index (κ3) is 4.29. The molecule has 27 heavy (non-hydrogen) atoms. The van der Waals surface area contributed by atoms with Crippen molar-refractivity contribution in [1.29, 1.82) is 0 Å². The van der Waals surface area contributed by atoms with Crippen molar-refractivity contribution >= 4 is 21.6 Å². The van der Waals surface area contributed by atoms with E-state index >= 15 is 0 Å². The first kappa shape index (κ1) is 19.3. The molecule has 0 aliphatic rings. The lowest BCUT2D eigenvalue weighted by atomic mass is 10.2. The number of aromatic nitrogens is 2. The number of halogens is 1. The van der Waals surface area contributed by atoms with Crippen molar-refractivity contribution in [1.82, 2.24) is 14.9 Å². The van der Waals surface area contributed by atoms with Crippen LogP contribution in [0.5, 0.6) is 5.75 Å². The number of sulfonamides is 1. The Morgan fingerprint density at radius 2 is 1.74 bits per heavy atom. The number of rotatable bonds is 6. The van der Waals surface area contributed by atoms with Crippen molar-refractivity contribution in [2.24, 2.45) is 0 Å². The van der Waals surface area contributed by atoms with Gasteiger partial charge in [0.15, 0.2) is 0 Å². The van der Waals surface area contributed by atoms with Crippen molar-refractivity contribution in [2.45, 2.75) is 24.8 Å². The minimum absolute atomic E-state index is 0.0693. The van der Waals surface area contributed by atoms with Gasteiger partial charge in [0.1, 0.15) is 5.75 Å². The maximum atomic E-state index is 12.4. The van der Waals surface area contributed by atoms with Gasteiger partial charge >= 0.3 is 0 Å². The third-order valence-electron chi connectivity index (χ3n) is 3.63. The van der Waals surface area contributed by atoms with Crippen molar-refractivity contribution in [3.8, 4) is 28.7 Å². The second kappa shape index (κ2) is 7.67. The predicted molar refractivity (Wildman–Crippen MR) is 102 cm³/mol. The van der Waals surface area contributed by atoms with Crippen LogP contribution in [-0.2, 0) is 10.0 Å². The van der Waals surface area contributed by atoms with E-state index in [0.29, 0.717) is 21.9 Å². The van der Waals surface area contributed by atoms with Gasteiger partial charge in [0.2, 0.25) is 21.8 Å². The van der Waals surface area contributed by atoms with E-state index in [1.54, 1.807) is 45.2 Å². The van der Waals surface area contributed by atoms with Gasteiger partial charge in [0.05, 0.1) is 22.6 Å². The van der Waals surface area contributed by atoms with Gasteiger partial charge in [-0.3, -0.25) is 0 Å². The predicted octanol–water partition coefficient (Wildman–Crippen LogP) is 3.75. The number of nitrogens with zero attached hydrogens (tertiary/aromatic N) is 2. The number of hydrogen-bond donors (Lipinski definition) is 1. The number of ether oxygens (including phenoxy) is 1. The molecule has 0 atom stereocenters. The number of methoxy groups -OCH3 is 1. The van der Waals surface area contributed by atoms with E-state index in [1.165, 1.54) is 18.2 Å². The molecule has 3 aromatic rings. The molecule has 0 aliphatic heterocycles. The zero-order valence-corrected chi connectivity index (χ0v) is 16.5. The fourth-order valence-corrected chi connectivity index (χ4v) is 3.87. The van der Waals surface area contributed by atoms with E-state index < -0.39 is 10.0 Å². The summed E-state index contributed by atoms with van der Waals surface area (Å²) in [4.78, 5) is 0.0693. The maximum Gasteiger partial charge on any atom is 0.249 e. The van der Waals surface area contributed by atoms with Gasteiger partial charge < -0.3 is 9.15 Å². The molecule has 1 N–H and O–H groups in total. The smallest absolute Gasteiger partial charge is 0.249 e. The minimum Gasteiger partial charge on any atom is -0.497 e. The van der Waals surface area contributed by atoms with Crippen LogP contribution in [0.25, 0.3) is 22.9 Å². The van der Waals surface area contributed by atoms with E-state index in [1.807, 2.05) is 0 Å². The standard InChI is InChI=1S/C18H18ClN3O4S/c1-11(2)22-27(23,24)14-8-9-16(19)15(10-14)18-21-20-17(26-18)12-4-6-13(25-3)7-5-12/h4-11,22H,1-3H3. The topological polar surface area (TPSA) is 94.3 Å². The summed E-state index contributed by atoms with van der Waals surface area (Å²) in [6.45, 7) is 3.49. The second-order valence-corrected chi connectivity index (χ2v) is 8.18. The van der Waals surface area contributed by atoms with Crippen LogP contribution in [0.2, 0.25) is 5.02 Å². The third-order valence-corrected chi connectivity index (χ3v) is 5.62. The van der Waals surface area contributed by atoms with Crippen molar-refractivity contribution in [3.63, 3.8) is 0 Å². The van der Waals surface area contributed by atoms with Gasteiger partial charge in [0.25, 0.3) is 0 Å². The summed E-state index contributed by atoms with van der Waals surface area (Å²) < 4.78 is 38.1. The first-order valence-electron chi connectivity index (χ1n) is 8.10. The summed E-state index contributed by atoms with van der Waals surface area (Å²) >= 11 is 6.22. The highest BCUT2D eigenvalue weighted by molar-refractivity contribution is 7.89. The van der Waals surface area contributed by atoms with Crippen LogP contribution < -0.4 is 9.46 Å². The van der Waals surface area contributed by atoms with Crippen LogP contribution >= 0.6 is 11.6 Å². The lowest BCUT2D eigenvalue weighted by molar-refractivity contribution is 0.415. The van der Waals surface area contributed by atoms with E-state index in [9.17, 15) is 8.42 Å². The summed E-state index contributed by atoms with van der Waals surface area (Å²) in [7, 11) is -2.09. The van der Waals surface area contributed by atoms with Crippen LogP contribution in [0, 0.1) is 0 Å². The molecule has 9 heteroatoms. The number of benzene rings is 2. The van der Waals surface area contributed by atoms with E-state index in [-0.39, 0.29) is 22.7 Å². The molecule has 0 bridgehead atoms. The Bertz CT molecular complexity index is 1050. The number of nitrogens with one attached hydrogen (secondary N) is 1. The summed E-state index contributed by atoms with van der Waals surface area (Å²) in [5.41, 5.74) is 1.05. The average Bonchev–Trinajstić information content (AvgIpc) is 3.11. The van der Waals surface area contributed by atoms with Crippen molar-refractivity contribution < 1.29 is 17.6 Å². The van der Waals surface area contributed by atoms with Gasteiger partial charge in [-0.25, -0.2) is 13.1 Å². The SMILES string of the molecule is COc1ccc(-c2nnc(-c3cc(S(=O)(=O)NC(C)C)ccc3Cl)o2)cc1. The van der Waals surface area contributed by atoms with Gasteiger partial charge in [-0.15, -0.1) is 10.2 Å². The lowest BCUT2D eigenvalue weighted by Crippen LogP contribution is -2.30. The molecule has 0 saturated carbocycles. The van der Waals surface area contributed by atoms with Gasteiger partial charge in [0, 0.05) is 11.6 Å². The monoisotopic (exact) mass is 407 g/mol. The highest BCUT2D eigenvalue weighted by Gasteiger charge is 2.20. The molecule has 0 fully saturated rings. The highest BCUT2D eigenvalue weighted by Crippen LogP contribution is 2.31. The average molecular weight is 408 g/mol. The minimum atomic E-state index is -3.67. The molecule has 142 valence electrons. The van der Waals surface area contributed by atoms with E-state index in [2.05, 4.69) is 14.9 Å². The Kier molecular flexibility index (Phi) is 5.50. The van der Waals surface area contributed by atoms with Crippen LogP contribution in [0.1, 0.15) is 13.8 Å². The zero-order valence-electron chi connectivity index (χ0n) is 14.9. The molecule has 0 saturated heterocycles. The first-order chi connectivity index (χ1) is 12.8. The van der Waals surface area contributed by atoms with Crippen molar-refractivity contribution in [2.75, 3.05) is 7.11 Å². The molecule has 2 aromatic carbocycles. The normalized spacial score (nSPS) is 11.7. The Labute approximate surface area is 162 Å². The number of hydrogen-bond acceptors (Lipinski definition) is 6. The Balaban J connectivity index is 1.97. The molecule has 3 rings (SSSR count). The summed E-state index contributed by atoms with van der Waals surface area (Å²) in [6.07, 6.45) is 0. The molecule has 1 heterocycles. The van der Waals surface area contributed by atoms with Gasteiger partial charge in [-0.2, -0.15) is 0 Å². The first-order valence-corrected chi connectivity index (χ1v) is 9.96. The maximum absolute atomic E-state index is 12.4. The Morgan fingerprint density at radius 1 is 1.07 bits per heavy atom. The Morgan fingerprint density at radius 3 is 2.37 bits per heavy atom. The highest BCUT2D eigenvalue weighted by atomic mass is 35.5. The molecule has 0 aliphatic carbocycles. The van der Waals surface area contributed by atoms with Crippen molar-refractivity contribution in [3.05, 3.63) is 47.5 Å². The van der Waals surface area contributed by atoms with Crippen LogP contribution in [0.15, 0.2) is 51.8 Å². The molecule has 0 radical (unpaired) electrons. The molecule has 1 aromatic heterocycles. The van der Waals surface area contributed by atoms with E-state index in [0.717, 1.165) is 0 Å². The molecule has 7 nitrogen and oxygen atoms in total. The molecular formula is C18H18ClN3O4S. The summed E-state index contributed by atoms with van der Waals surface area (Å²) in [5.74, 6) is 1.13. The van der Waals surface area contributed by atoms with Crippen LogP contribution in [-0.4, -0.2) is 31.8 Å².